The van der Waals surface area contributed by atoms with Crippen LogP contribution in [0.5, 0.6) is 0 Å². The lowest BCUT2D eigenvalue weighted by Gasteiger charge is -2.39. The number of nitrogens with zero attached hydrogens (tertiary/aromatic N) is 2. The number of nitrogens with one attached hydrogen (secondary N) is 1. The molecule has 108 valence electrons. The summed E-state index contributed by atoms with van der Waals surface area (Å²) in [6.07, 6.45) is 9.33. The number of pyridine rings is 1. The minimum Gasteiger partial charge on any atom is -0.338 e. The van der Waals surface area contributed by atoms with Gasteiger partial charge in [-0.15, -0.1) is 0 Å². The van der Waals surface area contributed by atoms with Crippen LogP contribution in [0.15, 0.2) is 18.3 Å². The van der Waals surface area contributed by atoms with Gasteiger partial charge in [0.15, 0.2) is 5.82 Å². The van der Waals surface area contributed by atoms with Gasteiger partial charge in [-0.3, -0.25) is 4.79 Å². The Bertz CT molecular complexity index is 486. The molecule has 1 aromatic heterocycles. The van der Waals surface area contributed by atoms with Crippen molar-refractivity contribution in [3.05, 3.63) is 23.9 Å². The number of hydrazine groups is 1. The number of hydrogen-bond acceptors (Lipinski definition) is 4. The molecule has 2 heterocycles. The van der Waals surface area contributed by atoms with Crippen molar-refractivity contribution >= 4 is 11.7 Å². The summed E-state index contributed by atoms with van der Waals surface area (Å²) in [5, 5.41) is 0. The molecule has 1 amide bonds. The lowest BCUT2D eigenvalue weighted by Crippen LogP contribution is -2.42. The quantitative estimate of drug-likeness (QED) is 0.640. The summed E-state index contributed by atoms with van der Waals surface area (Å²) in [6, 6.07) is 3.56. The number of hydrogen-bond donors (Lipinski definition) is 2. The molecule has 2 fully saturated rings. The van der Waals surface area contributed by atoms with E-state index in [0.717, 1.165) is 25.9 Å². The van der Waals surface area contributed by atoms with E-state index in [2.05, 4.69) is 10.4 Å². The number of amides is 1. The number of aromatic nitrogens is 1. The first-order chi connectivity index (χ1) is 9.74. The summed E-state index contributed by atoms with van der Waals surface area (Å²) < 4.78 is 0. The van der Waals surface area contributed by atoms with E-state index in [-0.39, 0.29) is 5.91 Å². The number of anilines is 1. The Hall–Kier alpha value is -1.62. The third kappa shape index (κ3) is 2.38. The predicted octanol–water partition coefficient (Wildman–Crippen LogP) is 2.16. The third-order valence-electron chi connectivity index (χ3n) is 4.95. The van der Waals surface area contributed by atoms with E-state index in [0.29, 0.717) is 16.8 Å². The summed E-state index contributed by atoms with van der Waals surface area (Å²) in [5.74, 6) is 5.93. The van der Waals surface area contributed by atoms with Crippen LogP contribution in [-0.4, -0.2) is 28.9 Å². The molecular formula is C15H22N4O. The normalized spacial score (nSPS) is 21.1. The number of carbonyl (C=O) groups excluding carboxylic acids is 1. The molecule has 1 aliphatic carbocycles. The smallest absolute Gasteiger partial charge is 0.257 e. The molecule has 1 saturated carbocycles. The molecule has 5 nitrogen and oxygen atoms in total. The van der Waals surface area contributed by atoms with Gasteiger partial charge in [0.2, 0.25) is 0 Å². The Balaban J connectivity index is 1.70. The zero-order chi connectivity index (χ0) is 14.0. The maximum absolute atomic E-state index is 12.6. The van der Waals surface area contributed by atoms with Crippen LogP contribution in [0.4, 0.5) is 5.82 Å². The van der Waals surface area contributed by atoms with Gasteiger partial charge in [-0.25, -0.2) is 10.8 Å². The highest BCUT2D eigenvalue weighted by Gasteiger charge is 2.38. The molecule has 0 unspecified atom stereocenters. The second-order valence-electron chi connectivity index (χ2n) is 6.04. The van der Waals surface area contributed by atoms with Crippen LogP contribution in [0.25, 0.3) is 0 Å². The van der Waals surface area contributed by atoms with Crippen molar-refractivity contribution in [1.29, 1.82) is 0 Å². The van der Waals surface area contributed by atoms with E-state index < -0.39 is 0 Å². The molecule has 0 atom stereocenters. The van der Waals surface area contributed by atoms with Gasteiger partial charge in [0, 0.05) is 19.3 Å². The van der Waals surface area contributed by atoms with Crippen molar-refractivity contribution in [3.8, 4) is 0 Å². The summed E-state index contributed by atoms with van der Waals surface area (Å²) >= 11 is 0. The Morgan fingerprint density at radius 2 is 1.95 bits per heavy atom. The molecule has 5 heteroatoms. The molecule has 0 aromatic carbocycles. The molecule has 1 aromatic rings. The second-order valence-corrected chi connectivity index (χ2v) is 6.04. The fourth-order valence-corrected chi connectivity index (χ4v) is 3.67. The average molecular weight is 274 g/mol. The summed E-state index contributed by atoms with van der Waals surface area (Å²) in [7, 11) is 0. The largest absolute Gasteiger partial charge is 0.338 e. The van der Waals surface area contributed by atoms with Gasteiger partial charge in [0.25, 0.3) is 5.91 Å². The van der Waals surface area contributed by atoms with Crippen LogP contribution in [0.1, 0.15) is 48.9 Å². The van der Waals surface area contributed by atoms with Crippen LogP contribution in [0.3, 0.4) is 0 Å². The van der Waals surface area contributed by atoms with Crippen molar-refractivity contribution < 1.29 is 4.79 Å². The van der Waals surface area contributed by atoms with E-state index in [1.165, 1.54) is 25.7 Å². The lowest BCUT2D eigenvalue weighted by atomic mass is 9.77. The highest BCUT2D eigenvalue weighted by atomic mass is 16.2. The minimum absolute atomic E-state index is 0.0406. The molecule has 1 saturated heterocycles. The number of nitrogens with two attached hydrogens (primary N) is 1. The number of piperidine rings is 1. The highest BCUT2D eigenvalue weighted by molar-refractivity contribution is 5.98. The van der Waals surface area contributed by atoms with Crippen LogP contribution < -0.4 is 11.3 Å². The number of likely N-dealkylation sites (tertiary alicyclic amines) is 1. The zero-order valence-corrected chi connectivity index (χ0v) is 11.8. The zero-order valence-electron chi connectivity index (χ0n) is 11.8. The monoisotopic (exact) mass is 274 g/mol. The minimum atomic E-state index is 0.0406. The van der Waals surface area contributed by atoms with Crippen molar-refractivity contribution in [2.75, 3.05) is 18.5 Å². The van der Waals surface area contributed by atoms with E-state index in [4.69, 9.17) is 5.84 Å². The highest BCUT2D eigenvalue weighted by Crippen LogP contribution is 2.46. The van der Waals surface area contributed by atoms with Crippen LogP contribution >= 0.6 is 0 Å². The fourth-order valence-electron chi connectivity index (χ4n) is 3.67. The molecule has 0 bridgehead atoms. The van der Waals surface area contributed by atoms with Crippen molar-refractivity contribution in [1.82, 2.24) is 9.88 Å². The molecule has 0 radical (unpaired) electrons. The fraction of sp³-hybridized carbons (Fsp3) is 0.600. The summed E-state index contributed by atoms with van der Waals surface area (Å²) in [4.78, 5) is 18.6. The molecule has 20 heavy (non-hydrogen) atoms. The maximum Gasteiger partial charge on any atom is 0.257 e. The third-order valence-corrected chi connectivity index (χ3v) is 4.95. The lowest BCUT2D eigenvalue weighted by molar-refractivity contribution is 0.0588. The first-order valence-corrected chi connectivity index (χ1v) is 7.45. The van der Waals surface area contributed by atoms with Crippen LogP contribution in [0, 0.1) is 5.41 Å². The van der Waals surface area contributed by atoms with Crippen LogP contribution in [-0.2, 0) is 0 Å². The molecule has 3 N–H and O–H groups in total. The van der Waals surface area contributed by atoms with E-state index in [1.807, 2.05) is 4.90 Å². The molecule has 1 spiro atoms. The van der Waals surface area contributed by atoms with E-state index in [9.17, 15) is 4.79 Å². The number of rotatable bonds is 2. The SMILES string of the molecule is NNc1ncccc1C(=O)N1CCC2(CCCC2)CC1. The van der Waals surface area contributed by atoms with E-state index in [1.54, 1.807) is 18.3 Å². The standard InChI is InChI=1S/C15H22N4O/c16-18-13-12(4-3-9-17-13)14(20)19-10-7-15(8-11-19)5-1-2-6-15/h3-4,9H,1-2,5-8,10-11,16H2,(H,17,18). The number of carbonyl (C=O) groups is 1. The van der Waals surface area contributed by atoms with Gasteiger partial charge in [-0.2, -0.15) is 0 Å². The average Bonchev–Trinajstić information content (AvgIpc) is 2.95. The second kappa shape index (κ2) is 5.40. The number of nitrogen functional groups attached to an aromatic ring is 1. The Kier molecular flexibility index (Phi) is 3.61. The summed E-state index contributed by atoms with van der Waals surface area (Å²) in [5.41, 5.74) is 3.60. The van der Waals surface area contributed by atoms with Gasteiger partial charge in [-0.05, 0) is 43.2 Å². The van der Waals surface area contributed by atoms with Gasteiger partial charge >= 0.3 is 0 Å². The topological polar surface area (TPSA) is 71.2 Å². The molecule has 1 aliphatic heterocycles. The summed E-state index contributed by atoms with van der Waals surface area (Å²) in [6.45, 7) is 1.72. The van der Waals surface area contributed by atoms with Crippen LogP contribution in [0.2, 0.25) is 0 Å². The molecule has 3 rings (SSSR count). The first kappa shape index (κ1) is 13.4. The Labute approximate surface area is 119 Å². The molecular weight excluding hydrogens is 252 g/mol. The Morgan fingerprint density at radius 3 is 2.60 bits per heavy atom. The van der Waals surface area contributed by atoms with Gasteiger partial charge in [-0.1, -0.05) is 12.8 Å². The van der Waals surface area contributed by atoms with Gasteiger partial charge in [0.05, 0.1) is 5.56 Å². The molecule has 2 aliphatic rings. The van der Waals surface area contributed by atoms with Gasteiger partial charge in [0.1, 0.15) is 0 Å². The van der Waals surface area contributed by atoms with Gasteiger partial charge < -0.3 is 10.3 Å². The predicted molar refractivity (Wildman–Crippen MR) is 78.1 cm³/mol. The van der Waals surface area contributed by atoms with Crippen molar-refractivity contribution in [2.24, 2.45) is 11.3 Å². The van der Waals surface area contributed by atoms with Crippen molar-refractivity contribution in [2.45, 2.75) is 38.5 Å². The van der Waals surface area contributed by atoms with E-state index >= 15 is 0 Å². The van der Waals surface area contributed by atoms with Crippen molar-refractivity contribution in [3.63, 3.8) is 0 Å². The first-order valence-electron chi connectivity index (χ1n) is 7.45. The maximum atomic E-state index is 12.6. The Morgan fingerprint density at radius 1 is 1.25 bits per heavy atom.